The van der Waals surface area contributed by atoms with Crippen LogP contribution in [-0.2, 0) is 26.4 Å². The van der Waals surface area contributed by atoms with E-state index in [1.54, 1.807) is 62.8 Å². The van der Waals surface area contributed by atoms with E-state index in [0.717, 1.165) is 44.0 Å². The zero-order valence-electron chi connectivity index (χ0n) is 27.7. The van der Waals surface area contributed by atoms with E-state index >= 15 is 0 Å². The summed E-state index contributed by atoms with van der Waals surface area (Å²) in [5.41, 5.74) is 5.23. The van der Waals surface area contributed by atoms with Crippen LogP contribution in [0.25, 0.3) is 12.2 Å². The molecule has 6 rings (SSSR count). The number of aromatic nitrogens is 2. The maximum Gasteiger partial charge on any atom is 0.274 e. The lowest BCUT2D eigenvalue weighted by Gasteiger charge is -2.29. The minimum atomic E-state index is -0.443. The van der Waals surface area contributed by atoms with Gasteiger partial charge >= 0.3 is 0 Å². The molecule has 0 saturated heterocycles. The maximum atomic E-state index is 13.1. The first-order chi connectivity index (χ1) is 23.7. The largest absolute Gasteiger partial charge is 0.508 e. The zero-order chi connectivity index (χ0) is 34.5. The number of carbonyl (C=O) groups is 1. The van der Waals surface area contributed by atoms with Gasteiger partial charge in [-0.3, -0.25) is 19.3 Å². The number of phenols is 1. The molecule has 5 aromatic rings. The first-order valence-corrected chi connectivity index (χ1v) is 16.0. The Morgan fingerprint density at radius 3 is 2.33 bits per heavy atom. The summed E-state index contributed by atoms with van der Waals surface area (Å²) >= 11 is 0. The van der Waals surface area contributed by atoms with Gasteiger partial charge in [0.05, 0.1) is 14.2 Å². The Balaban J connectivity index is 1.10. The molecule has 2 heterocycles. The van der Waals surface area contributed by atoms with Crippen molar-refractivity contribution in [2.75, 3.05) is 32.6 Å². The van der Waals surface area contributed by atoms with Crippen molar-refractivity contribution >= 4 is 23.7 Å². The van der Waals surface area contributed by atoms with Crippen molar-refractivity contribution in [2.45, 2.75) is 19.4 Å². The van der Waals surface area contributed by atoms with Crippen molar-refractivity contribution in [3.8, 4) is 17.2 Å². The molecular weight excluding hydrogens is 620 g/mol. The van der Waals surface area contributed by atoms with Crippen LogP contribution in [0.3, 0.4) is 0 Å². The van der Waals surface area contributed by atoms with Gasteiger partial charge in [-0.25, -0.2) is 0 Å². The molecule has 0 atom stereocenters. The number of H-pyrrole nitrogens is 1. The van der Waals surface area contributed by atoms with Crippen LogP contribution in [0, 0.1) is 0 Å². The standard InChI is InChI=1S/C39H38N4O6/c1-42-34(21-26-9-13-32(44)14-10-26)38(46)41-33(39(42)47)20-27-5-4-6-29(19-27)37(45)40-31-11-7-25(8-12-31)15-17-43-18-16-28-22-35(48-2)36(49-3)23-30(28)24-43/h4-14,19-23,44H,15-18,24H2,1-3H3,(H,40,45)(H,41,46). The number of aromatic amines is 1. The second-order valence-corrected chi connectivity index (χ2v) is 12.0. The van der Waals surface area contributed by atoms with Crippen LogP contribution in [0.2, 0.25) is 0 Å². The number of amides is 1. The Kier molecular flexibility index (Phi) is 9.77. The minimum absolute atomic E-state index is 0.0947. The average molecular weight is 659 g/mol. The molecule has 49 heavy (non-hydrogen) atoms. The van der Waals surface area contributed by atoms with Gasteiger partial charge in [0.25, 0.3) is 17.0 Å². The number of hydrogen-bond donors (Lipinski definition) is 3. The summed E-state index contributed by atoms with van der Waals surface area (Å²) in [6, 6.07) is 25.2. The fourth-order valence-electron chi connectivity index (χ4n) is 5.98. The fraction of sp³-hybridized carbons (Fsp3) is 0.205. The Morgan fingerprint density at radius 2 is 1.61 bits per heavy atom. The Labute approximate surface area is 283 Å². The molecule has 0 spiro atoms. The second-order valence-electron chi connectivity index (χ2n) is 12.0. The van der Waals surface area contributed by atoms with Crippen molar-refractivity contribution in [1.29, 1.82) is 0 Å². The van der Waals surface area contributed by atoms with E-state index in [2.05, 4.69) is 27.3 Å². The summed E-state index contributed by atoms with van der Waals surface area (Å²) in [6.45, 7) is 2.75. The van der Waals surface area contributed by atoms with Crippen LogP contribution in [0.15, 0.2) is 94.5 Å². The number of nitrogens with one attached hydrogen (secondary N) is 2. The Bertz CT molecular complexity index is 2240. The van der Waals surface area contributed by atoms with Gasteiger partial charge in [-0.05, 0) is 101 Å². The molecule has 3 N–H and O–H groups in total. The number of rotatable bonds is 9. The zero-order valence-corrected chi connectivity index (χ0v) is 27.7. The second kappa shape index (κ2) is 14.5. The summed E-state index contributed by atoms with van der Waals surface area (Å²) < 4.78 is 12.2. The van der Waals surface area contributed by atoms with Crippen LogP contribution >= 0.6 is 0 Å². The van der Waals surface area contributed by atoms with Crippen LogP contribution in [-0.4, -0.2) is 52.8 Å². The lowest BCUT2D eigenvalue weighted by Crippen LogP contribution is -2.52. The number of benzene rings is 4. The molecule has 0 bridgehead atoms. The predicted molar refractivity (Wildman–Crippen MR) is 190 cm³/mol. The SMILES string of the molecule is COc1cc2c(cc1OC)CN(CCc1ccc(NC(=O)c3cccc(C=c4[nH]c(=O)c(=Cc5ccc(O)cc5)n(C)c4=O)c3)cc1)CC2. The number of anilines is 1. The van der Waals surface area contributed by atoms with Gasteiger partial charge in [-0.15, -0.1) is 0 Å². The quantitative estimate of drug-likeness (QED) is 0.222. The smallest absolute Gasteiger partial charge is 0.274 e. The van der Waals surface area contributed by atoms with Crippen LogP contribution < -0.4 is 36.6 Å². The van der Waals surface area contributed by atoms with E-state index in [4.69, 9.17) is 9.47 Å². The highest BCUT2D eigenvalue weighted by molar-refractivity contribution is 6.04. The third kappa shape index (κ3) is 7.66. The lowest BCUT2D eigenvalue weighted by atomic mass is 9.98. The first kappa shape index (κ1) is 33.0. The molecule has 1 aliphatic heterocycles. The summed E-state index contributed by atoms with van der Waals surface area (Å²) in [5.74, 6) is 1.33. The topological polar surface area (TPSA) is 126 Å². The van der Waals surface area contributed by atoms with E-state index in [1.807, 2.05) is 24.3 Å². The van der Waals surface area contributed by atoms with Gasteiger partial charge < -0.3 is 29.4 Å². The van der Waals surface area contributed by atoms with E-state index in [1.165, 1.54) is 40.4 Å². The number of hydrogen-bond acceptors (Lipinski definition) is 7. The van der Waals surface area contributed by atoms with Crippen molar-refractivity contribution < 1.29 is 19.4 Å². The van der Waals surface area contributed by atoms with E-state index in [0.29, 0.717) is 22.4 Å². The van der Waals surface area contributed by atoms with E-state index < -0.39 is 11.1 Å². The summed E-state index contributed by atoms with van der Waals surface area (Å²) in [6.07, 6.45) is 4.96. The molecule has 10 nitrogen and oxygen atoms in total. The monoisotopic (exact) mass is 658 g/mol. The highest BCUT2D eigenvalue weighted by Gasteiger charge is 2.19. The van der Waals surface area contributed by atoms with Gasteiger partial charge in [0.1, 0.15) is 16.4 Å². The van der Waals surface area contributed by atoms with Crippen LogP contribution in [0.5, 0.6) is 17.2 Å². The first-order valence-electron chi connectivity index (χ1n) is 16.0. The van der Waals surface area contributed by atoms with Crippen molar-refractivity contribution in [3.63, 3.8) is 0 Å². The van der Waals surface area contributed by atoms with Crippen molar-refractivity contribution in [2.24, 2.45) is 7.05 Å². The van der Waals surface area contributed by atoms with E-state index in [-0.39, 0.29) is 22.4 Å². The fourth-order valence-corrected chi connectivity index (χ4v) is 5.98. The predicted octanol–water partition coefficient (Wildman–Crippen LogP) is 3.31. The molecule has 4 aromatic carbocycles. The number of methoxy groups -OCH3 is 2. The molecule has 1 aromatic heterocycles. The number of fused-ring (bicyclic) bond motifs is 1. The summed E-state index contributed by atoms with van der Waals surface area (Å²) in [5, 5.41) is 12.7. The van der Waals surface area contributed by atoms with E-state index in [9.17, 15) is 19.5 Å². The van der Waals surface area contributed by atoms with Crippen LogP contribution in [0.4, 0.5) is 5.69 Å². The Hall–Kier alpha value is -5.87. The Morgan fingerprint density at radius 1 is 0.898 bits per heavy atom. The minimum Gasteiger partial charge on any atom is -0.508 e. The number of aromatic hydroxyl groups is 1. The molecule has 0 aliphatic carbocycles. The molecular formula is C39H38N4O6. The van der Waals surface area contributed by atoms with Gasteiger partial charge in [-0.2, -0.15) is 0 Å². The number of nitrogens with zero attached hydrogens (tertiary/aromatic N) is 2. The van der Waals surface area contributed by atoms with Gasteiger partial charge in [0.15, 0.2) is 11.5 Å². The van der Waals surface area contributed by atoms with Crippen molar-refractivity contribution in [3.05, 3.63) is 150 Å². The molecule has 1 amide bonds. The summed E-state index contributed by atoms with van der Waals surface area (Å²) in [4.78, 5) is 44.3. The molecule has 250 valence electrons. The van der Waals surface area contributed by atoms with Crippen LogP contribution in [0.1, 0.15) is 38.2 Å². The highest BCUT2D eigenvalue weighted by atomic mass is 16.5. The molecule has 0 unspecified atom stereocenters. The molecule has 0 saturated carbocycles. The number of ether oxygens (including phenoxy) is 2. The molecule has 0 radical (unpaired) electrons. The van der Waals surface area contributed by atoms with Crippen molar-refractivity contribution in [1.82, 2.24) is 14.5 Å². The third-order valence-corrected chi connectivity index (χ3v) is 8.76. The normalized spacial score (nSPS) is 13.6. The third-order valence-electron chi connectivity index (χ3n) is 8.76. The van der Waals surface area contributed by atoms with Gasteiger partial charge in [0, 0.05) is 37.9 Å². The van der Waals surface area contributed by atoms with Gasteiger partial charge in [0.2, 0.25) is 0 Å². The molecule has 10 heteroatoms. The molecule has 0 fully saturated rings. The highest BCUT2D eigenvalue weighted by Crippen LogP contribution is 2.33. The average Bonchev–Trinajstić information content (AvgIpc) is 3.12. The maximum absolute atomic E-state index is 13.1. The number of carbonyl (C=O) groups excluding carboxylic acids is 1. The summed E-state index contributed by atoms with van der Waals surface area (Å²) in [7, 11) is 4.84. The molecule has 1 aliphatic rings. The van der Waals surface area contributed by atoms with Gasteiger partial charge in [-0.1, -0.05) is 36.4 Å². The number of phenolic OH excluding ortho intramolecular Hbond substituents is 1. The lowest BCUT2D eigenvalue weighted by molar-refractivity contribution is 0.102.